The summed E-state index contributed by atoms with van der Waals surface area (Å²) in [6.07, 6.45) is 3.15. The Hall–Kier alpha value is -2.90. The molecular weight excluding hydrogens is 405 g/mol. The lowest BCUT2D eigenvalue weighted by molar-refractivity contribution is 0.0695. The molecule has 0 atom stereocenters. The van der Waals surface area contributed by atoms with Crippen LogP contribution in [0.5, 0.6) is 5.88 Å². The first-order valence-corrected chi connectivity index (χ1v) is 9.03. The van der Waals surface area contributed by atoms with Crippen LogP contribution in [0, 0.1) is 0 Å². The second-order valence-electron chi connectivity index (χ2n) is 5.70. The molecule has 2 aromatic heterocycles. The standard InChI is InChI=1S/C19H15Cl2N3O4/c1-2-24-16(28-10-15-22-6-3-7-23-15)9-14(25)17(19(26)27)18(24)11-4-5-12(20)13(21)8-11/h3-9H,2,10H2,1H3,(H,26,27). The third-order valence-corrected chi connectivity index (χ3v) is 4.70. The van der Waals surface area contributed by atoms with Crippen molar-refractivity contribution < 1.29 is 14.6 Å². The lowest BCUT2D eigenvalue weighted by atomic mass is 10.0. The third kappa shape index (κ3) is 4.00. The van der Waals surface area contributed by atoms with Gasteiger partial charge in [0.25, 0.3) is 0 Å². The second-order valence-corrected chi connectivity index (χ2v) is 6.52. The molecule has 7 nitrogen and oxygen atoms in total. The van der Waals surface area contributed by atoms with Crippen LogP contribution in [0.3, 0.4) is 0 Å². The third-order valence-electron chi connectivity index (χ3n) is 3.97. The largest absolute Gasteiger partial charge is 0.477 e. The summed E-state index contributed by atoms with van der Waals surface area (Å²) in [6.45, 7) is 2.18. The van der Waals surface area contributed by atoms with Crippen LogP contribution in [0.4, 0.5) is 0 Å². The zero-order valence-corrected chi connectivity index (χ0v) is 16.2. The molecule has 0 saturated carbocycles. The van der Waals surface area contributed by atoms with Crippen molar-refractivity contribution in [2.45, 2.75) is 20.1 Å². The summed E-state index contributed by atoms with van der Waals surface area (Å²) in [5.41, 5.74) is -0.428. The summed E-state index contributed by atoms with van der Waals surface area (Å²) in [5, 5.41) is 10.2. The first kappa shape index (κ1) is 19.9. The molecule has 0 aliphatic carbocycles. The highest BCUT2D eigenvalue weighted by atomic mass is 35.5. The molecule has 144 valence electrons. The number of halogens is 2. The van der Waals surface area contributed by atoms with E-state index in [0.29, 0.717) is 23.0 Å². The maximum atomic E-state index is 12.5. The van der Waals surface area contributed by atoms with Gasteiger partial charge in [0, 0.05) is 30.6 Å². The number of nitrogens with zero attached hydrogens (tertiary/aromatic N) is 3. The van der Waals surface area contributed by atoms with Crippen molar-refractivity contribution in [3.63, 3.8) is 0 Å². The van der Waals surface area contributed by atoms with Crippen molar-refractivity contribution in [2.24, 2.45) is 0 Å². The van der Waals surface area contributed by atoms with Gasteiger partial charge in [0.1, 0.15) is 12.2 Å². The van der Waals surface area contributed by atoms with Gasteiger partial charge in [-0.1, -0.05) is 29.3 Å². The number of benzene rings is 1. The fourth-order valence-corrected chi connectivity index (χ4v) is 3.05. The minimum atomic E-state index is -1.34. The molecule has 0 unspecified atom stereocenters. The lowest BCUT2D eigenvalue weighted by Gasteiger charge is -2.19. The van der Waals surface area contributed by atoms with Gasteiger partial charge in [0.15, 0.2) is 11.7 Å². The van der Waals surface area contributed by atoms with E-state index in [0.717, 1.165) is 6.07 Å². The Kier molecular flexibility index (Phi) is 5.96. The van der Waals surface area contributed by atoms with Gasteiger partial charge in [0.05, 0.1) is 15.7 Å². The first-order chi connectivity index (χ1) is 13.4. The molecule has 0 spiro atoms. The van der Waals surface area contributed by atoms with Gasteiger partial charge in [-0.2, -0.15) is 0 Å². The van der Waals surface area contributed by atoms with E-state index in [4.69, 9.17) is 27.9 Å². The van der Waals surface area contributed by atoms with Crippen LogP contribution in [-0.2, 0) is 13.2 Å². The zero-order valence-electron chi connectivity index (χ0n) is 14.7. The van der Waals surface area contributed by atoms with Gasteiger partial charge in [-0.15, -0.1) is 0 Å². The molecule has 1 aromatic carbocycles. The highest BCUT2D eigenvalue weighted by Gasteiger charge is 2.23. The normalized spacial score (nSPS) is 10.7. The van der Waals surface area contributed by atoms with Crippen LogP contribution < -0.4 is 10.2 Å². The van der Waals surface area contributed by atoms with Crippen LogP contribution in [-0.4, -0.2) is 25.6 Å². The number of carboxylic acid groups (broad SMARTS) is 1. The molecular formula is C19H15Cl2N3O4. The Labute approximate surface area is 170 Å². The fraction of sp³-hybridized carbons (Fsp3) is 0.158. The lowest BCUT2D eigenvalue weighted by Crippen LogP contribution is -2.22. The van der Waals surface area contributed by atoms with Crippen LogP contribution >= 0.6 is 23.2 Å². The molecule has 3 rings (SSSR count). The molecule has 0 radical (unpaired) electrons. The van der Waals surface area contributed by atoms with E-state index in [2.05, 4.69) is 9.97 Å². The summed E-state index contributed by atoms with van der Waals surface area (Å²) >= 11 is 12.1. The van der Waals surface area contributed by atoms with Crippen molar-refractivity contribution >= 4 is 29.2 Å². The number of carbonyl (C=O) groups is 1. The molecule has 0 saturated heterocycles. The highest BCUT2D eigenvalue weighted by Crippen LogP contribution is 2.32. The molecule has 3 aromatic rings. The molecule has 0 amide bonds. The molecule has 0 aliphatic heterocycles. The number of carboxylic acids is 1. The van der Waals surface area contributed by atoms with Crippen molar-refractivity contribution in [2.75, 3.05) is 0 Å². The molecule has 28 heavy (non-hydrogen) atoms. The summed E-state index contributed by atoms with van der Waals surface area (Å²) < 4.78 is 7.32. The number of hydrogen-bond donors (Lipinski definition) is 1. The maximum absolute atomic E-state index is 12.5. The van der Waals surface area contributed by atoms with Crippen LogP contribution in [0.15, 0.2) is 47.5 Å². The molecule has 0 fully saturated rings. The zero-order chi connectivity index (χ0) is 20.3. The number of pyridine rings is 1. The quantitative estimate of drug-likeness (QED) is 0.650. The van der Waals surface area contributed by atoms with Crippen molar-refractivity contribution in [3.05, 3.63) is 74.4 Å². The van der Waals surface area contributed by atoms with E-state index in [1.165, 1.54) is 6.07 Å². The van der Waals surface area contributed by atoms with E-state index in [-0.39, 0.29) is 28.8 Å². The van der Waals surface area contributed by atoms with Gasteiger partial charge in [-0.05, 0) is 25.1 Å². The minimum absolute atomic E-state index is 0.0213. The van der Waals surface area contributed by atoms with E-state index < -0.39 is 11.4 Å². The Balaban J connectivity index is 2.17. The summed E-state index contributed by atoms with van der Waals surface area (Å²) in [6, 6.07) is 7.49. The van der Waals surface area contributed by atoms with Crippen LogP contribution in [0.2, 0.25) is 10.0 Å². The monoisotopic (exact) mass is 419 g/mol. The molecule has 2 heterocycles. The SMILES string of the molecule is CCn1c(OCc2ncccn2)cc(=O)c(C(=O)O)c1-c1ccc(Cl)c(Cl)c1. The number of aromatic carboxylic acids is 1. The van der Waals surface area contributed by atoms with Crippen molar-refractivity contribution in [3.8, 4) is 17.1 Å². The molecule has 1 N–H and O–H groups in total. The predicted molar refractivity (Wildman–Crippen MR) is 105 cm³/mol. The van der Waals surface area contributed by atoms with Gasteiger partial charge in [0.2, 0.25) is 5.43 Å². The summed E-state index contributed by atoms with van der Waals surface area (Å²) in [5.74, 6) is -0.715. The number of rotatable bonds is 6. The van der Waals surface area contributed by atoms with Crippen LogP contribution in [0.1, 0.15) is 23.1 Å². The molecule has 0 bridgehead atoms. The molecule has 0 aliphatic rings. The van der Waals surface area contributed by atoms with Gasteiger partial charge >= 0.3 is 5.97 Å². The smallest absolute Gasteiger partial charge is 0.341 e. The first-order valence-electron chi connectivity index (χ1n) is 8.27. The predicted octanol–water partition coefficient (Wildman–Crippen LogP) is 3.91. The van der Waals surface area contributed by atoms with Crippen molar-refractivity contribution in [1.82, 2.24) is 14.5 Å². The molecule has 9 heteroatoms. The summed E-state index contributed by atoms with van der Waals surface area (Å²) in [7, 11) is 0. The number of hydrogen-bond acceptors (Lipinski definition) is 5. The average molecular weight is 420 g/mol. The second kappa shape index (κ2) is 8.41. The highest BCUT2D eigenvalue weighted by molar-refractivity contribution is 6.42. The van der Waals surface area contributed by atoms with E-state index in [1.54, 1.807) is 35.2 Å². The van der Waals surface area contributed by atoms with Gasteiger partial charge in [-0.3, -0.25) is 4.79 Å². The van der Waals surface area contributed by atoms with Crippen molar-refractivity contribution in [1.29, 1.82) is 0 Å². The van der Waals surface area contributed by atoms with E-state index in [1.807, 2.05) is 6.92 Å². The minimum Gasteiger partial charge on any atom is -0.477 e. The van der Waals surface area contributed by atoms with E-state index >= 15 is 0 Å². The number of ether oxygens (including phenoxy) is 1. The topological polar surface area (TPSA) is 94.3 Å². The van der Waals surface area contributed by atoms with Crippen LogP contribution in [0.25, 0.3) is 11.3 Å². The number of aromatic nitrogens is 3. The Morgan fingerprint density at radius 3 is 2.50 bits per heavy atom. The average Bonchev–Trinajstić information content (AvgIpc) is 2.68. The fourth-order valence-electron chi connectivity index (χ4n) is 2.75. The maximum Gasteiger partial charge on any atom is 0.341 e. The Morgan fingerprint density at radius 1 is 1.18 bits per heavy atom. The Morgan fingerprint density at radius 2 is 1.89 bits per heavy atom. The summed E-state index contributed by atoms with van der Waals surface area (Å²) in [4.78, 5) is 32.5. The van der Waals surface area contributed by atoms with E-state index in [9.17, 15) is 14.7 Å². The van der Waals surface area contributed by atoms with Gasteiger partial charge in [-0.25, -0.2) is 14.8 Å². The Bertz CT molecular complexity index is 1080. The van der Waals surface area contributed by atoms with Gasteiger partial charge < -0.3 is 14.4 Å².